The smallest absolute Gasteiger partial charge is 0.252 e. The number of carbonyl (C=O) groups excluding carboxylic acids is 1. The third kappa shape index (κ3) is 4.27. The summed E-state index contributed by atoms with van der Waals surface area (Å²) in [5.74, 6) is 1.47. The Bertz CT molecular complexity index is 1140. The van der Waals surface area contributed by atoms with Gasteiger partial charge < -0.3 is 9.64 Å². The molecule has 2 aromatic heterocycles. The summed E-state index contributed by atoms with van der Waals surface area (Å²) in [6, 6.07) is 9.66. The van der Waals surface area contributed by atoms with Crippen molar-refractivity contribution in [3.05, 3.63) is 53.1 Å². The summed E-state index contributed by atoms with van der Waals surface area (Å²) in [6.45, 7) is 6.50. The zero-order valence-corrected chi connectivity index (χ0v) is 18.7. The van der Waals surface area contributed by atoms with Gasteiger partial charge in [-0.1, -0.05) is 12.1 Å². The fourth-order valence-electron chi connectivity index (χ4n) is 4.29. The van der Waals surface area contributed by atoms with Crippen LogP contribution in [0.4, 0.5) is 0 Å². The second-order valence-corrected chi connectivity index (χ2v) is 7.95. The number of hydrogen-bond donors (Lipinski definition) is 0. The predicted octanol–water partition coefficient (Wildman–Crippen LogP) is 2.09. The number of aromatic nitrogens is 4. The lowest BCUT2D eigenvalue weighted by atomic mass is 10.0. The van der Waals surface area contributed by atoms with Crippen molar-refractivity contribution in [2.45, 2.75) is 32.7 Å². The van der Waals surface area contributed by atoms with Gasteiger partial charge in [-0.15, -0.1) is 0 Å². The van der Waals surface area contributed by atoms with E-state index in [1.165, 1.54) is 6.33 Å². The predicted molar refractivity (Wildman–Crippen MR) is 118 cm³/mol. The van der Waals surface area contributed by atoms with Crippen LogP contribution in [0.5, 0.6) is 5.75 Å². The molecule has 0 N–H and O–H groups in total. The Balaban J connectivity index is 1.35. The van der Waals surface area contributed by atoms with E-state index in [1.54, 1.807) is 11.6 Å². The van der Waals surface area contributed by atoms with Gasteiger partial charge in [0.1, 0.15) is 18.1 Å². The van der Waals surface area contributed by atoms with E-state index in [4.69, 9.17) is 4.74 Å². The monoisotopic (exact) mass is 433 g/mol. The van der Waals surface area contributed by atoms with E-state index in [-0.39, 0.29) is 11.9 Å². The van der Waals surface area contributed by atoms with Gasteiger partial charge in [0.25, 0.3) is 5.78 Å². The maximum atomic E-state index is 12.9. The lowest BCUT2D eigenvalue weighted by Crippen LogP contribution is -2.49. The van der Waals surface area contributed by atoms with Crippen molar-refractivity contribution in [3.8, 4) is 11.8 Å². The zero-order chi connectivity index (χ0) is 22.7. The van der Waals surface area contributed by atoms with Crippen molar-refractivity contribution in [3.63, 3.8) is 0 Å². The normalized spacial score (nSPS) is 15.5. The zero-order valence-electron chi connectivity index (χ0n) is 18.7. The summed E-state index contributed by atoms with van der Waals surface area (Å²) in [7, 11) is 1.62. The Morgan fingerprint density at radius 2 is 1.91 bits per heavy atom. The van der Waals surface area contributed by atoms with Crippen LogP contribution in [0.2, 0.25) is 0 Å². The number of amides is 1. The molecule has 4 rings (SSSR count). The van der Waals surface area contributed by atoms with Crippen molar-refractivity contribution in [2.75, 3.05) is 33.3 Å². The number of benzene rings is 1. The van der Waals surface area contributed by atoms with Gasteiger partial charge in [-0.3, -0.25) is 9.69 Å². The molecule has 0 bridgehead atoms. The number of aryl methyl sites for hydroxylation is 2. The second kappa shape index (κ2) is 9.32. The Morgan fingerprint density at radius 3 is 2.56 bits per heavy atom. The van der Waals surface area contributed by atoms with Crippen molar-refractivity contribution < 1.29 is 9.53 Å². The number of hydrogen-bond acceptors (Lipinski definition) is 7. The molecule has 166 valence electrons. The molecule has 1 aliphatic heterocycles. The molecular formula is C23H27N7O2. The van der Waals surface area contributed by atoms with Crippen molar-refractivity contribution in [1.82, 2.24) is 29.4 Å². The molecule has 3 heterocycles. The van der Waals surface area contributed by atoms with Crippen molar-refractivity contribution in [2.24, 2.45) is 0 Å². The summed E-state index contributed by atoms with van der Waals surface area (Å²) in [4.78, 5) is 25.5. The molecule has 1 saturated heterocycles. The summed E-state index contributed by atoms with van der Waals surface area (Å²) >= 11 is 0. The van der Waals surface area contributed by atoms with E-state index in [0.29, 0.717) is 44.8 Å². The standard InChI is InChI=1S/C23H27N7O2/c1-16-20(17(2)30-23(27-16)25-15-26-30)8-9-22(31)29-12-10-28(11-13-29)21(14-24)18-4-6-19(32-3)7-5-18/h4-7,15,21H,8-13H2,1-3H3. The topological polar surface area (TPSA) is 99.7 Å². The van der Waals surface area contributed by atoms with E-state index < -0.39 is 0 Å². The molecule has 1 amide bonds. The molecule has 1 aliphatic rings. The highest BCUT2D eigenvalue weighted by Crippen LogP contribution is 2.24. The van der Waals surface area contributed by atoms with E-state index in [0.717, 1.165) is 28.3 Å². The quantitative estimate of drug-likeness (QED) is 0.587. The fraction of sp³-hybridized carbons (Fsp3) is 0.435. The van der Waals surface area contributed by atoms with Gasteiger partial charge in [-0.05, 0) is 43.5 Å². The number of carbonyl (C=O) groups is 1. The average molecular weight is 434 g/mol. The Morgan fingerprint density at radius 1 is 1.19 bits per heavy atom. The van der Waals surface area contributed by atoms with E-state index in [9.17, 15) is 10.1 Å². The molecule has 0 saturated carbocycles. The minimum atomic E-state index is -0.330. The number of nitrogens with zero attached hydrogens (tertiary/aromatic N) is 7. The largest absolute Gasteiger partial charge is 0.497 e. The van der Waals surface area contributed by atoms with Gasteiger partial charge in [-0.2, -0.15) is 15.3 Å². The van der Waals surface area contributed by atoms with Crippen molar-refractivity contribution in [1.29, 1.82) is 5.26 Å². The third-order valence-electron chi connectivity index (χ3n) is 6.16. The van der Waals surface area contributed by atoms with Crippen LogP contribution >= 0.6 is 0 Å². The molecule has 1 unspecified atom stereocenters. The minimum Gasteiger partial charge on any atom is -0.497 e. The van der Waals surface area contributed by atoms with Gasteiger partial charge in [-0.25, -0.2) is 9.50 Å². The molecule has 0 spiro atoms. The molecule has 1 atom stereocenters. The highest BCUT2D eigenvalue weighted by atomic mass is 16.5. The first-order valence-corrected chi connectivity index (χ1v) is 10.7. The van der Waals surface area contributed by atoms with Crippen LogP contribution in [0, 0.1) is 25.2 Å². The van der Waals surface area contributed by atoms with Crippen LogP contribution in [0.15, 0.2) is 30.6 Å². The van der Waals surface area contributed by atoms with Crippen LogP contribution in [-0.4, -0.2) is 68.6 Å². The molecule has 1 fully saturated rings. The highest BCUT2D eigenvalue weighted by molar-refractivity contribution is 5.76. The number of ether oxygens (including phenoxy) is 1. The molecule has 0 aliphatic carbocycles. The first-order valence-electron chi connectivity index (χ1n) is 10.7. The van der Waals surface area contributed by atoms with Crippen LogP contribution in [0.1, 0.15) is 35.0 Å². The number of piperazine rings is 1. The first-order chi connectivity index (χ1) is 15.5. The maximum absolute atomic E-state index is 12.9. The number of nitriles is 1. The summed E-state index contributed by atoms with van der Waals surface area (Å²) < 4.78 is 6.92. The van der Waals surface area contributed by atoms with E-state index in [1.807, 2.05) is 43.0 Å². The van der Waals surface area contributed by atoms with E-state index >= 15 is 0 Å². The summed E-state index contributed by atoms with van der Waals surface area (Å²) in [6.07, 6.45) is 2.53. The van der Waals surface area contributed by atoms with Gasteiger partial charge >= 0.3 is 0 Å². The first kappa shape index (κ1) is 21.7. The lowest BCUT2D eigenvalue weighted by molar-refractivity contribution is -0.133. The fourth-order valence-corrected chi connectivity index (χ4v) is 4.29. The number of rotatable bonds is 6. The minimum absolute atomic E-state index is 0.125. The SMILES string of the molecule is COc1ccc(C(C#N)N2CCN(C(=O)CCc3c(C)nc4ncnn4c3C)CC2)cc1. The molecule has 9 heteroatoms. The Labute approximate surface area is 187 Å². The van der Waals surface area contributed by atoms with Crippen molar-refractivity contribution >= 4 is 11.7 Å². The summed E-state index contributed by atoms with van der Waals surface area (Å²) in [5, 5.41) is 13.9. The van der Waals surface area contributed by atoms with Crippen LogP contribution in [0.25, 0.3) is 5.78 Å². The summed E-state index contributed by atoms with van der Waals surface area (Å²) in [5.41, 5.74) is 3.84. The second-order valence-electron chi connectivity index (χ2n) is 7.95. The Hall–Kier alpha value is -3.51. The van der Waals surface area contributed by atoms with Gasteiger partial charge in [0.15, 0.2) is 0 Å². The average Bonchev–Trinajstić information content (AvgIpc) is 3.29. The molecule has 32 heavy (non-hydrogen) atoms. The van der Waals surface area contributed by atoms with Crippen LogP contribution in [-0.2, 0) is 11.2 Å². The number of fused-ring (bicyclic) bond motifs is 1. The van der Waals surface area contributed by atoms with Gasteiger partial charge in [0.05, 0.1) is 13.2 Å². The molecular weight excluding hydrogens is 406 g/mol. The van der Waals surface area contributed by atoms with Gasteiger partial charge in [0, 0.05) is 44.0 Å². The molecule has 9 nitrogen and oxygen atoms in total. The Kier molecular flexibility index (Phi) is 6.32. The van der Waals surface area contributed by atoms with Gasteiger partial charge in [0.2, 0.25) is 5.91 Å². The molecule has 3 aromatic rings. The molecule has 0 radical (unpaired) electrons. The third-order valence-corrected chi connectivity index (χ3v) is 6.16. The number of methoxy groups -OCH3 is 1. The maximum Gasteiger partial charge on any atom is 0.252 e. The molecule has 1 aromatic carbocycles. The highest BCUT2D eigenvalue weighted by Gasteiger charge is 2.27. The lowest BCUT2D eigenvalue weighted by Gasteiger charge is -2.37. The van der Waals surface area contributed by atoms with Crippen LogP contribution in [0.3, 0.4) is 0 Å². The van der Waals surface area contributed by atoms with E-state index in [2.05, 4.69) is 26.0 Å². The van der Waals surface area contributed by atoms with Crippen LogP contribution < -0.4 is 4.74 Å².